The lowest BCUT2D eigenvalue weighted by molar-refractivity contribution is -0.137. The number of rotatable bonds is 10. The number of carbonyl (C=O) groups excluding carboxylic acids is 2. The van der Waals surface area contributed by atoms with Crippen LogP contribution < -0.4 is 10.6 Å². The molecule has 2 aliphatic carbocycles. The molecule has 0 spiro atoms. The van der Waals surface area contributed by atoms with E-state index in [-0.39, 0.29) is 37.5 Å². The van der Waals surface area contributed by atoms with Gasteiger partial charge in [0.25, 0.3) is 0 Å². The average Bonchev–Trinajstić information content (AvgIpc) is 3.12. The fourth-order valence-corrected chi connectivity index (χ4v) is 4.68. The van der Waals surface area contributed by atoms with E-state index in [1.807, 2.05) is 43.3 Å². The summed E-state index contributed by atoms with van der Waals surface area (Å²) in [5.41, 5.74) is 4.42. The van der Waals surface area contributed by atoms with E-state index in [4.69, 9.17) is 14.6 Å². The molecule has 34 heavy (non-hydrogen) atoms. The van der Waals surface area contributed by atoms with Crippen LogP contribution in [0.4, 0.5) is 4.79 Å². The fourth-order valence-electron chi connectivity index (χ4n) is 4.68. The second-order valence-corrected chi connectivity index (χ2v) is 8.71. The maximum Gasteiger partial charge on any atom is 0.407 e. The second kappa shape index (κ2) is 10.7. The van der Waals surface area contributed by atoms with E-state index in [2.05, 4.69) is 22.8 Å². The zero-order chi connectivity index (χ0) is 24.1. The summed E-state index contributed by atoms with van der Waals surface area (Å²) in [5.74, 6) is -1.54. The van der Waals surface area contributed by atoms with Gasteiger partial charge in [-0.1, -0.05) is 48.5 Å². The highest BCUT2D eigenvalue weighted by atomic mass is 16.5. The summed E-state index contributed by atoms with van der Waals surface area (Å²) in [7, 11) is 0. The number of nitrogens with one attached hydrogen (secondary N) is 2. The zero-order valence-electron chi connectivity index (χ0n) is 19.2. The number of fused-ring (bicyclic) bond motifs is 3. The van der Waals surface area contributed by atoms with Gasteiger partial charge >= 0.3 is 12.1 Å². The Morgan fingerprint density at radius 2 is 1.65 bits per heavy atom. The Labute approximate surface area is 198 Å². The summed E-state index contributed by atoms with van der Waals surface area (Å²) in [6.07, 6.45) is 0.531. The molecule has 1 atom stereocenters. The molecule has 0 radical (unpaired) electrons. The van der Waals surface area contributed by atoms with Crippen LogP contribution in [0.5, 0.6) is 0 Å². The molecule has 2 aromatic carbocycles. The van der Waals surface area contributed by atoms with Crippen molar-refractivity contribution in [2.24, 2.45) is 0 Å². The van der Waals surface area contributed by atoms with Gasteiger partial charge in [0.1, 0.15) is 12.6 Å². The van der Waals surface area contributed by atoms with Crippen molar-refractivity contribution < 1.29 is 29.0 Å². The number of aliphatic carboxylic acids is 1. The summed E-state index contributed by atoms with van der Waals surface area (Å²) < 4.78 is 11.0. The first-order chi connectivity index (χ1) is 16.5. The molecule has 180 valence electrons. The smallest absolute Gasteiger partial charge is 0.407 e. The first kappa shape index (κ1) is 23.8. The molecular weight excluding hydrogens is 436 g/mol. The van der Waals surface area contributed by atoms with Crippen LogP contribution in [0.1, 0.15) is 49.7 Å². The van der Waals surface area contributed by atoms with Gasteiger partial charge in [-0.3, -0.25) is 9.59 Å². The molecule has 0 aliphatic heterocycles. The summed E-state index contributed by atoms with van der Waals surface area (Å²) in [6, 6.07) is 15.0. The monoisotopic (exact) mass is 466 g/mol. The molecule has 0 saturated heterocycles. The standard InChI is InChI=1S/C26H30N2O6/c1-2-33-17-13-16(14-17)27-25(31)23(11-12-24(29)30)28-26(32)34-15-22-20-9-5-3-7-18(20)19-8-4-6-10-21(19)22/h3-10,16-17,22-23H,2,11-15H2,1H3,(H,27,31)(H,28,32)(H,29,30). The Kier molecular flexibility index (Phi) is 7.47. The molecule has 2 aromatic rings. The molecule has 3 N–H and O–H groups in total. The Morgan fingerprint density at radius 1 is 1.03 bits per heavy atom. The van der Waals surface area contributed by atoms with Crippen LogP contribution in [0.2, 0.25) is 0 Å². The fraction of sp³-hybridized carbons (Fsp3) is 0.423. The summed E-state index contributed by atoms with van der Waals surface area (Å²) in [5, 5.41) is 14.5. The first-order valence-electron chi connectivity index (χ1n) is 11.7. The van der Waals surface area contributed by atoms with Crippen molar-refractivity contribution in [1.82, 2.24) is 10.6 Å². The highest BCUT2D eigenvalue weighted by Crippen LogP contribution is 2.44. The number of carboxylic acid groups (broad SMARTS) is 1. The van der Waals surface area contributed by atoms with Gasteiger partial charge in [-0.2, -0.15) is 0 Å². The molecule has 1 unspecified atom stereocenters. The van der Waals surface area contributed by atoms with Gasteiger partial charge in [0.2, 0.25) is 5.91 Å². The average molecular weight is 467 g/mol. The summed E-state index contributed by atoms with van der Waals surface area (Å²) in [4.78, 5) is 36.4. The van der Waals surface area contributed by atoms with Crippen molar-refractivity contribution in [3.8, 4) is 11.1 Å². The number of alkyl carbamates (subject to hydrolysis) is 1. The highest BCUT2D eigenvalue weighted by Gasteiger charge is 2.34. The zero-order valence-corrected chi connectivity index (χ0v) is 19.2. The van der Waals surface area contributed by atoms with Crippen LogP contribution in [0.15, 0.2) is 48.5 Å². The number of ether oxygens (including phenoxy) is 2. The first-order valence-corrected chi connectivity index (χ1v) is 11.7. The normalized spacial score (nSPS) is 19.3. The molecule has 0 heterocycles. The number of hydrogen-bond acceptors (Lipinski definition) is 5. The minimum Gasteiger partial charge on any atom is -0.481 e. The van der Waals surface area contributed by atoms with Gasteiger partial charge in [0.15, 0.2) is 0 Å². The van der Waals surface area contributed by atoms with E-state index in [1.165, 1.54) is 0 Å². The Hall–Kier alpha value is -3.39. The second-order valence-electron chi connectivity index (χ2n) is 8.71. The van der Waals surface area contributed by atoms with Crippen molar-refractivity contribution in [2.75, 3.05) is 13.2 Å². The molecule has 8 nitrogen and oxygen atoms in total. The van der Waals surface area contributed by atoms with Crippen LogP contribution in [-0.4, -0.2) is 54.5 Å². The van der Waals surface area contributed by atoms with E-state index in [0.29, 0.717) is 19.4 Å². The summed E-state index contributed by atoms with van der Waals surface area (Å²) >= 11 is 0. The van der Waals surface area contributed by atoms with Crippen molar-refractivity contribution in [1.29, 1.82) is 0 Å². The topological polar surface area (TPSA) is 114 Å². The Balaban J connectivity index is 1.35. The third-order valence-electron chi connectivity index (χ3n) is 6.44. The minimum absolute atomic E-state index is 0.0209. The van der Waals surface area contributed by atoms with Crippen LogP contribution in [0.25, 0.3) is 11.1 Å². The van der Waals surface area contributed by atoms with E-state index in [9.17, 15) is 14.4 Å². The van der Waals surface area contributed by atoms with Crippen LogP contribution in [-0.2, 0) is 19.1 Å². The lowest BCUT2D eigenvalue weighted by atomic mass is 9.89. The molecule has 2 amide bonds. The predicted octanol–water partition coefficient (Wildman–Crippen LogP) is 3.44. The van der Waals surface area contributed by atoms with Crippen LogP contribution in [0, 0.1) is 0 Å². The van der Waals surface area contributed by atoms with Crippen LogP contribution >= 0.6 is 0 Å². The third kappa shape index (κ3) is 5.39. The maximum atomic E-state index is 12.7. The molecule has 2 aliphatic rings. The molecule has 0 aromatic heterocycles. The van der Waals surface area contributed by atoms with Gasteiger partial charge < -0.3 is 25.2 Å². The molecule has 4 rings (SSSR count). The number of benzene rings is 2. The molecular formula is C26H30N2O6. The number of carbonyl (C=O) groups is 3. The SMILES string of the molecule is CCOC1CC(NC(=O)C(CCC(=O)O)NC(=O)OCC2c3ccccc3-c3ccccc32)C1. The van der Waals surface area contributed by atoms with Crippen molar-refractivity contribution in [3.05, 3.63) is 59.7 Å². The maximum absolute atomic E-state index is 12.7. The van der Waals surface area contributed by atoms with Gasteiger partial charge in [-0.25, -0.2) is 4.79 Å². The van der Waals surface area contributed by atoms with Crippen LogP contribution in [0.3, 0.4) is 0 Å². The molecule has 1 saturated carbocycles. The van der Waals surface area contributed by atoms with Crippen molar-refractivity contribution in [3.63, 3.8) is 0 Å². The van der Waals surface area contributed by atoms with Gasteiger partial charge in [-0.05, 0) is 48.4 Å². The minimum atomic E-state index is -1.04. The third-order valence-corrected chi connectivity index (χ3v) is 6.44. The molecule has 8 heteroatoms. The van der Waals surface area contributed by atoms with Gasteiger partial charge in [0.05, 0.1) is 6.10 Å². The van der Waals surface area contributed by atoms with Crippen molar-refractivity contribution >= 4 is 18.0 Å². The number of hydrogen-bond donors (Lipinski definition) is 3. The quantitative estimate of drug-likeness (QED) is 0.494. The molecule has 0 bridgehead atoms. The van der Waals surface area contributed by atoms with Crippen molar-refractivity contribution in [2.45, 2.75) is 56.7 Å². The lowest BCUT2D eigenvalue weighted by Crippen LogP contribution is -2.54. The predicted molar refractivity (Wildman–Crippen MR) is 125 cm³/mol. The van der Waals surface area contributed by atoms with Gasteiger partial charge in [-0.15, -0.1) is 0 Å². The van der Waals surface area contributed by atoms with E-state index in [1.54, 1.807) is 0 Å². The highest BCUT2D eigenvalue weighted by molar-refractivity contribution is 5.86. The van der Waals surface area contributed by atoms with E-state index >= 15 is 0 Å². The number of amides is 2. The van der Waals surface area contributed by atoms with E-state index < -0.39 is 24.0 Å². The largest absolute Gasteiger partial charge is 0.481 e. The molecule has 1 fully saturated rings. The lowest BCUT2D eigenvalue weighted by Gasteiger charge is -2.36. The summed E-state index contributed by atoms with van der Waals surface area (Å²) in [6.45, 7) is 2.66. The Bertz CT molecular complexity index is 1000. The van der Waals surface area contributed by atoms with Gasteiger partial charge in [0, 0.05) is 25.0 Å². The Morgan fingerprint density at radius 3 is 2.24 bits per heavy atom. The number of carboxylic acids is 1. The van der Waals surface area contributed by atoms with E-state index in [0.717, 1.165) is 22.3 Å².